The third-order valence-electron chi connectivity index (χ3n) is 3.60. The van der Waals surface area contributed by atoms with Crippen molar-refractivity contribution in [2.24, 2.45) is 11.7 Å². The molecule has 2 unspecified atom stereocenters. The van der Waals surface area contributed by atoms with Gasteiger partial charge in [0.1, 0.15) is 0 Å². The predicted octanol–water partition coefficient (Wildman–Crippen LogP) is 2.58. The number of anilines is 1. The number of hydrogen-bond donors (Lipinski definition) is 3. The molecular weight excluding hydrogens is 309 g/mol. The lowest BCUT2D eigenvalue weighted by atomic mass is 10.1. The van der Waals surface area contributed by atoms with Gasteiger partial charge in [-0.1, -0.05) is 18.2 Å². The monoisotopic (exact) mass is 333 g/mol. The van der Waals surface area contributed by atoms with Crippen molar-refractivity contribution in [2.75, 3.05) is 18.4 Å². The van der Waals surface area contributed by atoms with Gasteiger partial charge in [-0.2, -0.15) is 0 Å². The van der Waals surface area contributed by atoms with E-state index in [1.54, 1.807) is 0 Å². The maximum Gasteiger partial charge on any atom is 0.223 e. The fourth-order valence-electron chi connectivity index (χ4n) is 2.49. The molecule has 0 radical (unpaired) electrons. The number of hydrogen-bond acceptors (Lipinski definition) is 3. The number of amides is 1. The van der Waals surface area contributed by atoms with Gasteiger partial charge >= 0.3 is 0 Å². The zero-order valence-electron chi connectivity index (χ0n) is 12.1. The molecule has 2 atom stereocenters. The summed E-state index contributed by atoms with van der Waals surface area (Å²) in [6.45, 7) is 1.60. The Labute approximate surface area is 139 Å². The van der Waals surface area contributed by atoms with Crippen LogP contribution in [-0.4, -0.2) is 25.0 Å². The minimum atomic E-state index is 0. The summed E-state index contributed by atoms with van der Waals surface area (Å²) in [5.41, 5.74) is 6.93. The molecule has 120 valence electrons. The minimum Gasteiger partial charge on any atom is -0.385 e. The molecule has 1 aromatic carbocycles. The summed E-state index contributed by atoms with van der Waals surface area (Å²) in [5.74, 6) is 0.310. The third kappa shape index (κ3) is 7.02. The number of benzene rings is 1. The van der Waals surface area contributed by atoms with Gasteiger partial charge < -0.3 is 16.4 Å². The summed E-state index contributed by atoms with van der Waals surface area (Å²) in [4.78, 5) is 11.8. The second-order valence-corrected chi connectivity index (χ2v) is 5.21. The second kappa shape index (κ2) is 10.7. The highest BCUT2D eigenvalue weighted by Crippen LogP contribution is 2.23. The van der Waals surface area contributed by atoms with Crippen molar-refractivity contribution in [3.63, 3.8) is 0 Å². The summed E-state index contributed by atoms with van der Waals surface area (Å²) in [5, 5.41) is 6.32. The van der Waals surface area contributed by atoms with Crippen molar-refractivity contribution in [3.05, 3.63) is 30.3 Å². The van der Waals surface area contributed by atoms with E-state index in [4.69, 9.17) is 5.73 Å². The summed E-state index contributed by atoms with van der Waals surface area (Å²) < 4.78 is 0. The molecule has 0 saturated heterocycles. The third-order valence-corrected chi connectivity index (χ3v) is 3.60. The first kappa shape index (κ1) is 20.0. The summed E-state index contributed by atoms with van der Waals surface area (Å²) >= 11 is 0. The average molecular weight is 334 g/mol. The van der Waals surface area contributed by atoms with Crippen molar-refractivity contribution in [2.45, 2.75) is 31.7 Å². The first-order valence-corrected chi connectivity index (χ1v) is 7.08. The lowest BCUT2D eigenvalue weighted by molar-refractivity contribution is -0.124. The maximum absolute atomic E-state index is 11.8. The van der Waals surface area contributed by atoms with Gasteiger partial charge in [0.2, 0.25) is 5.91 Å². The van der Waals surface area contributed by atoms with Gasteiger partial charge in [0.15, 0.2) is 0 Å². The molecule has 1 aromatic rings. The summed E-state index contributed by atoms with van der Waals surface area (Å²) in [7, 11) is 0. The first-order chi connectivity index (χ1) is 9.25. The fourth-order valence-corrected chi connectivity index (χ4v) is 2.49. The van der Waals surface area contributed by atoms with E-state index >= 15 is 0 Å². The molecule has 4 N–H and O–H groups in total. The Hall–Kier alpha value is -0.970. The van der Waals surface area contributed by atoms with Crippen molar-refractivity contribution in [1.29, 1.82) is 0 Å². The Balaban J connectivity index is 0.00000200. The molecule has 6 heteroatoms. The zero-order chi connectivity index (χ0) is 13.5. The molecule has 1 aliphatic rings. The molecule has 2 rings (SSSR count). The van der Waals surface area contributed by atoms with Crippen LogP contribution in [0.5, 0.6) is 0 Å². The Morgan fingerprint density at radius 1 is 1.14 bits per heavy atom. The Kier molecular flexibility index (Phi) is 10.2. The molecule has 0 heterocycles. The lowest BCUT2D eigenvalue weighted by Gasteiger charge is -2.11. The number of carbonyl (C=O) groups is 1. The van der Waals surface area contributed by atoms with E-state index in [1.165, 1.54) is 0 Å². The lowest BCUT2D eigenvalue weighted by Crippen LogP contribution is -2.31. The molecule has 0 aliphatic heterocycles. The molecule has 0 spiro atoms. The highest BCUT2D eigenvalue weighted by atomic mass is 35.5. The van der Waals surface area contributed by atoms with E-state index in [2.05, 4.69) is 10.6 Å². The largest absolute Gasteiger partial charge is 0.385 e. The molecule has 21 heavy (non-hydrogen) atoms. The Morgan fingerprint density at radius 3 is 2.48 bits per heavy atom. The van der Waals surface area contributed by atoms with E-state index in [0.717, 1.165) is 44.5 Å². The zero-order valence-corrected chi connectivity index (χ0v) is 13.7. The van der Waals surface area contributed by atoms with Gasteiger partial charge in [0, 0.05) is 30.7 Å². The van der Waals surface area contributed by atoms with Gasteiger partial charge in [-0.25, -0.2) is 0 Å². The molecule has 4 nitrogen and oxygen atoms in total. The van der Waals surface area contributed by atoms with Crippen molar-refractivity contribution < 1.29 is 4.79 Å². The standard InChI is InChI=1S/C15H23N3O.2ClH/c16-13-8-7-12(11-13)15(19)18-10-4-9-17-14-5-2-1-3-6-14;;/h1-3,5-6,12-13,17H,4,7-11,16H2,(H,18,19);2*1H. The first-order valence-electron chi connectivity index (χ1n) is 7.08. The van der Waals surface area contributed by atoms with Crippen LogP contribution in [0.15, 0.2) is 30.3 Å². The Bertz CT molecular complexity index is 403. The molecule has 1 fully saturated rings. The van der Waals surface area contributed by atoms with E-state index in [0.29, 0.717) is 0 Å². The smallest absolute Gasteiger partial charge is 0.223 e. The van der Waals surface area contributed by atoms with Crippen LogP contribution in [0.4, 0.5) is 5.69 Å². The normalized spacial score (nSPS) is 20.0. The van der Waals surface area contributed by atoms with Crippen LogP contribution in [0.1, 0.15) is 25.7 Å². The van der Waals surface area contributed by atoms with Crippen molar-refractivity contribution in [3.8, 4) is 0 Å². The number of halogens is 2. The topological polar surface area (TPSA) is 67.2 Å². The summed E-state index contributed by atoms with van der Waals surface area (Å²) in [6.07, 6.45) is 3.69. The maximum atomic E-state index is 11.8. The van der Waals surface area contributed by atoms with Crippen LogP contribution >= 0.6 is 24.8 Å². The van der Waals surface area contributed by atoms with Crippen LogP contribution in [0.3, 0.4) is 0 Å². The molecule has 0 aromatic heterocycles. The van der Waals surface area contributed by atoms with Crippen LogP contribution in [-0.2, 0) is 4.79 Å². The number of rotatable bonds is 6. The van der Waals surface area contributed by atoms with E-state index in [1.807, 2.05) is 30.3 Å². The van der Waals surface area contributed by atoms with Crippen LogP contribution in [0.25, 0.3) is 0 Å². The molecule has 1 aliphatic carbocycles. The molecule has 0 bridgehead atoms. The van der Waals surface area contributed by atoms with Crippen molar-refractivity contribution in [1.82, 2.24) is 5.32 Å². The quantitative estimate of drug-likeness (QED) is 0.701. The molecule has 1 saturated carbocycles. The number of nitrogens with one attached hydrogen (secondary N) is 2. The number of nitrogens with two attached hydrogens (primary N) is 1. The van der Waals surface area contributed by atoms with Crippen molar-refractivity contribution >= 4 is 36.4 Å². The van der Waals surface area contributed by atoms with Gasteiger partial charge in [-0.3, -0.25) is 4.79 Å². The molecule has 1 amide bonds. The average Bonchev–Trinajstić information content (AvgIpc) is 2.86. The second-order valence-electron chi connectivity index (χ2n) is 5.21. The van der Waals surface area contributed by atoms with Gasteiger partial charge in [-0.15, -0.1) is 24.8 Å². The van der Waals surface area contributed by atoms with E-state index < -0.39 is 0 Å². The van der Waals surface area contributed by atoms with Gasteiger partial charge in [0.25, 0.3) is 0 Å². The number of para-hydroxylation sites is 1. The highest BCUT2D eigenvalue weighted by molar-refractivity contribution is 5.85. The van der Waals surface area contributed by atoms with Crippen LogP contribution < -0.4 is 16.4 Å². The minimum absolute atomic E-state index is 0. The van der Waals surface area contributed by atoms with E-state index in [9.17, 15) is 4.79 Å². The summed E-state index contributed by atoms with van der Waals surface area (Å²) in [6, 6.07) is 10.3. The fraction of sp³-hybridized carbons (Fsp3) is 0.533. The van der Waals surface area contributed by atoms with Crippen LogP contribution in [0.2, 0.25) is 0 Å². The van der Waals surface area contributed by atoms with E-state index in [-0.39, 0.29) is 42.7 Å². The van der Waals surface area contributed by atoms with Gasteiger partial charge in [0.05, 0.1) is 0 Å². The predicted molar refractivity (Wildman–Crippen MR) is 92.4 cm³/mol. The van der Waals surface area contributed by atoms with Gasteiger partial charge in [-0.05, 0) is 37.8 Å². The highest BCUT2D eigenvalue weighted by Gasteiger charge is 2.27. The molecular formula is C15H25Cl2N3O. The Morgan fingerprint density at radius 2 is 1.86 bits per heavy atom. The SMILES string of the molecule is Cl.Cl.NC1CCC(C(=O)NCCCNc2ccccc2)C1. The number of carbonyl (C=O) groups excluding carboxylic acids is 1. The van der Waals surface area contributed by atoms with Crippen LogP contribution in [0, 0.1) is 5.92 Å².